The molecule has 196 valence electrons. The number of hydrogen-bond donors (Lipinski definition) is 0. The Bertz CT molecular complexity index is 1140. The van der Waals surface area contributed by atoms with Crippen molar-refractivity contribution < 1.29 is 23.9 Å². The van der Waals surface area contributed by atoms with Gasteiger partial charge in [0.05, 0.1) is 6.54 Å². The van der Waals surface area contributed by atoms with E-state index in [0.29, 0.717) is 13.1 Å². The molecule has 8 heteroatoms. The van der Waals surface area contributed by atoms with Crippen LogP contribution in [-0.4, -0.2) is 83.8 Å². The molecule has 1 aliphatic carbocycles. The molecule has 0 spiro atoms. The Labute approximate surface area is 218 Å². The fourth-order valence-electron chi connectivity index (χ4n) is 5.53. The van der Waals surface area contributed by atoms with Gasteiger partial charge in [-0.2, -0.15) is 0 Å². The summed E-state index contributed by atoms with van der Waals surface area (Å²) >= 11 is 0. The largest absolute Gasteiger partial charge is 0.448 e. The summed E-state index contributed by atoms with van der Waals surface area (Å²) in [5, 5.41) is 0. The lowest BCUT2D eigenvalue weighted by atomic mass is 9.98. The summed E-state index contributed by atoms with van der Waals surface area (Å²) in [7, 11) is 0. The Morgan fingerprint density at radius 3 is 2.00 bits per heavy atom. The molecular formula is C29H35N3O5. The summed E-state index contributed by atoms with van der Waals surface area (Å²) in [6.07, 6.45) is 0.889. The van der Waals surface area contributed by atoms with Crippen LogP contribution < -0.4 is 0 Å². The molecule has 2 fully saturated rings. The number of carbonyl (C=O) groups is 3. The predicted octanol–water partition coefficient (Wildman–Crippen LogP) is 4.48. The minimum absolute atomic E-state index is 0.0628. The monoisotopic (exact) mass is 505 g/mol. The van der Waals surface area contributed by atoms with Crippen molar-refractivity contribution in [3.8, 4) is 11.1 Å². The second-order valence-corrected chi connectivity index (χ2v) is 11.0. The average Bonchev–Trinajstić information content (AvgIpc) is 3.52. The van der Waals surface area contributed by atoms with Crippen molar-refractivity contribution in [3.63, 3.8) is 0 Å². The van der Waals surface area contributed by atoms with Crippen molar-refractivity contribution >= 4 is 18.1 Å². The van der Waals surface area contributed by atoms with E-state index in [4.69, 9.17) is 9.47 Å². The van der Waals surface area contributed by atoms with Crippen LogP contribution in [0.4, 0.5) is 9.59 Å². The molecule has 0 bridgehead atoms. The topological polar surface area (TPSA) is 79.4 Å². The molecule has 0 radical (unpaired) electrons. The smallest absolute Gasteiger partial charge is 0.410 e. The molecular weight excluding hydrogens is 470 g/mol. The number of amides is 3. The van der Waals surface area contributed by atoms with Crippen molar-refractivity contribution in [1.29, 1.82) is 0 Å². The molecule has 1 unspecified atom stereocenters. The van der Waals surface area contributed by atoms with Gasteiger partial charge in [-0.05, 0) is 55.9 Å². The molecule has 2 aliphatic heterocycles. The van der Waals surface area contributed by atoms with Gasteiger partial charge in [-0.1, -0.05) is 48.5 Å². The fourth-order valence-corrected chi connectivity index (χ4v) is 5.53. The molecule has 1 atom stereocenters. The van der Waals surface area contributed by atoms with Gasteiger partial charge in [-0.15, -0.1) is 0 Å². The van der Waals surface area contributed by atoms with E-state index < -0.39 is 23.8 Å². The third-order valence-corrected chi connectivity index (χ3v) is 7.31. The molecule has 2 saturated heterocycles. The molecule has 0 saturated carbocycles. The third kappa shape index (κ3) is 5.15. The minimum atomic E-state index is -0.796. The van der Waals surface area contributed by atoms with Crippen molar-refractivity contribution in [2.45, 2.75) is 51.2 Å². The van der Waals surface area contributed by atoms with E-state index in [1.54, 1.807) is 4.90 Å². The lowest BCUT2D eigenvalue weighted by molar-refractivity contribution is -0.137. The molecule has 5 rings (SSSR count). The highest BCUT2D eigenvalue weighted by Gasteiger charge is 2.41. The number of benzene rings is 2. The van der Waals surface area contributed by atoms with Crippen LogP contribution in [0.2, 0.25) is 0 Å². The minimum Gasteiger partial charge on any atom is -0.448 e. The van der Waals surface area contributed by atoms with Crippen LogP contribution in [0.5, 0.6) is 0 Å². The zero-order valence-corrected chi connectivity index (χ0v) is 21.8. The molecule has 2 aromatic rings. The molecule has 0 aromatic heterocycles. The summed E-state index contributed by atoms with van der Waals surface area (Å²) in [6.45, 7) is 7.53. The number of ether oxygens (including phenoxy) is 2. The number of hydrogen-bond acceptors (Lipinski definition) is 5. The standard InChI is InChI=1S/C29H35N3O5/c1-29(2,3)37-27(34)31-16-17-32(25(18-31)26(33)30-14-8-9-15-30)28(35)36-19-24-22-12-6-4-10-20(22)21-11-5-7-13-23(21)24/h4-7,10-13,24-25H,8-9,14-19H2,1-3H3. The summed E-state index contributed by atoms with van der Waals surface area (Å²) in [5.74, 6) is -0.202. The second-order valence-electron chi connectivity index (χ2n) is 11.0. The number of piperazine rings is 1. The van der Waals surface area contributed by atoms with Gasteiger partial charge in [0.2, 0.25) is 5.91 Å². The van der Waals surface area contributed by atoms with Crippen LogP contribution in [0.3, 0.4) is 0 Å². The lowest BCUT2D eigenvalue weighted by Gasteiger charge is -2.41. The Morgan fingerprint density at radius 1 is 0.811 bits per heavy atom. The van der Waals surface area contributed by atoms with E-state index in [1.165, 1.54) is 9.80 Å². The number of likely N-dealkylation sites (tertiary alicyclic amines) is 1. The van der Waals surface area contributed by atoms with Crippen molar-refractivity contribution in [2.24, 2.45) is 0 Å². The van der Waals surface area contributed by atoms with E-state index in [2.05, 4.69) is 24.3 Å². The zero-order valence-electron chi connectivity index (χ0n) is 21.8. The van der Waals surface area contributed by atoms with Crippen LogP contribution in [-0.2, 0) is 14.3 Å². The van der Waals surface area contributed by atoms with Crippen LogP contribution in [0.15, 0.2) is 48.5 Å². The van der Waals surface area contributed by atoms with E-state index in [-0.39, 0.29) is 38.1 Å². The van der Waals surface area contributed by atoms with Gasteiger partial charge in [-0.3, -0.25) is 9.69 Å². The zero-order chi connectivity index (χ0) is 26.2. The summed E-state index contributed by atoms with van der Waals surface area (Å²) in [4.78, 5) is 44.4. The SMILES string of the molecule is CC(C)(C)OC(=O)N1CCN(C(=O)OCC2c3ccccc3-c3ccccc32)C(C(=O)N2CCCC2)C1. The van der Waals surface area contributed by atoms with E-state index in [9.17, 15) is 14.4 Å². The Kier molecular flexibility index (Phi) is 6.84. The van der Waals surface area contributed by atoms with Crippen LogP contribution in [0.1, 0.15) is 50.7 Å². The number of fused-ring (bicyclic) bond motifs is 3. The Hall–Kier alpha value is -3.55. The van der Waals surface area contributed by atoms with Crippen LogP contribution >= 0.6 is 0 Å². The highest BCUT2D eigenvalue weighted by Crippen LogP contribution is 2.44. The highest BCUT2D eigenvalue weighted by molar-refractivity contribution is 5.87. The number of nitrogens with zero attached hydrogens (tertiary/aromatic N) is 3. The Morgan fingerprint density at radius 2 is 1.41 bits per heavy atom. The molecule has 3 amide bonds. The first-order valence-electron chi connectivity index (χ1n) is 13.1. The first kappa shape index (κ1) is 25.1. The lowest BCUT2D eigenvalue weighted by Crippen LogP contribution is -2.62. The summed E-state index contributed by atoms with van der Waals surface area (Å²) in [6, 6.07) is 15.6. The van der Waals surface area contributed by atoms with Gasteiger partial charge < -0.3 is 19.3 Å². The predicted molar refractivity (Wildman–Crippen MR) is 139 cm³/mol. The second kappa shape index (κ2) is 10.1. The van der Waals surface area contributed by atoms with Gasteiger partial charge in [0.1, 0.15) is 18.2 Å². The summed E-state index contributed by atoms with van der Waals surface area (Å²) in [5.41, 5.74) is 3.95. The van der Waals surface area contributed by atoms with Gasteiger partial charge in [-0.25, -0.2) is 9.59 Å². The average molecular weight is 506 g/mol. The number of rotatable bonds is 3. The maximum Gasteiger partial charge on any atom is 0.410 e. The van der Waals surface area contributed by atoms with Crippen LogP contribution in [0, 0.1) is 0 Å². The fraction of sp³-hybridized carbons (Fsp3) is 0.483. The Balaban J connectivity index is 1.32. The molecule has 8 nitrogen and oxygen atoms in total. The van der Waals surface area contributed by atoms with Crippen molar-refractivity contribution in [1.82, 2.24) is 14.7 Å². The van der Waals surface area contributed by atoms with Crippen molar-refractivity contribution in [2.75, 3.05) is 39.3 Å². The van der Waals surface area contributed by atoms with Gasteiger partial charge >= 0.3 is 12.2 Å². The maximum absolute atomic E-state index is 13.5. The molecule has 2 heterocycles. The van der Waals surface area contributed by atoms with E-state index >= 15 is 0 Å². The quantitative estimate of drug-likeness (QED) is 0.615. The maximum atomic E-state index is 13.5. The van der Waals surface area contributed by atoms with E-state index in [1.807, 2.05) is 45.0 Å². The first-order valence-corrected chi connectivity index (χ1v) is 13.1. The van der Waals surface area contributed by atoms with Gasteiger partial charge in [0.25, 0.3) is 0 Å². The van der Waals surface area contributed by atoms with E-state index in [0.717, 1.165) is 35.1 Å². The summed E-state index contributed by atoms with van der Waals surface area (Å²) < 4.78 is 11.4. The molecule has 2 aromatic carbocycles. The molecule has 37 heavy (non-hydrogen) atoms. The normalized spacial score (nSPS) is 19.4. The first-order chi connectivity index (χ1) is 17.7. The third-order valence-electron chi connectivity index (χ3n) is 7.31. The highest BCUT2D eigenvalue weighted by atomic mass is 16.6. The van der Waals surface area contributed by atoms with Gasteiger partial charge in [0, 0.05) is 32.1 Å². The molecule has 3 aliphatic rings. The molecule has 0 N–H and O–H groups in total. The number of carbonyl (C=O) groups excluding carboxylic acids is 3. The van der Waals surface area contributed by atoms with Gasteiger partial charge in [0.15, 0.2) is 0 Å². The van der Waals surface area contributed by atoms with Crippen molar-refractivity contribution in [3.05, 3.63) is 59.7 Å². The van der Waals surface area contributed by atoms with Crippen LogP contribution in [0.25, 0.3) is 11.1 Å².